The summed E-state index contributed by atoms with van der Waals surface area (Å²) >= 11 is 0. The van der Waals surface area contributed by atoms with E-state index in [0.29, 0.717) is 38.5 Å². The van der Waals surface area contributed by atoms with Crippen molar-refractivity contribution in [2.75, 3.05) is 52.5 Å². The van der Waals surface area contributed by atoms with E-state index in [2.05, 4.69) is 45.6 Å². The van der Waals surface area contributed by atoms with E-state index in [1.54, 1.807) is 6.92 Å². The van der Waals surface area contributed by atoms with Crippen LogP contribution in [-0.2, 0) is 4.79 Å². The zero-order valence-corrected chi connectivity index (χ0v) is 22.7. The number of hydrogen-bond acceptors (Lipinski definition) is 7. The topological polar surface area (TPSA) is 97.1 Å². The van der Waals surface area contributed by atoms with Crippen LogP contribution in [0.2, 0.25) is 0 Å². The van der Waals surface area contributed by atoms with Gasteiger partial charge in [-0.1, -0.05) is 54.6 Å². The first-order valence-electron chi connectivity index (χ1n) is 13.8. The van der Waals surface area contributed by atoms with Crippen molar-refractivity contribution >= 4 is 17.9 Å². The molecular weight excluding hydrogens is 508 g/mol. The minimum Gasteiger partial charge on any atom is -0.490 e. The lowest BCUT2D eigenvalue weighted by atomic mass is 9.73. The van der Waals surface area contributed by atoms with Crippen molar-refractivity contribution < 1.29 is 23.5 Å². The molecule has 1 spiro atoms. The van der Waals surface area contributed by atoms with Crippen molar-refractivity contribution in [1.29, 1.82) is 0 Å². The summed E-state index contributed by atoms with van der Waals surface area (Å²) in [6.07, 6.45) is 6.14. The number of amides is 2. The zero-order valence-electron chi connectivity index (χ0n) is 22.7. The molecule has 3 aromatic rings. The van der Waals surface area contributed by atoms with Crippen LogP contribution in [0.1, 0.15) is 39.7 Å². The standard InChI is InChI=1S/C31H34N4O5/c1-22-28(33-21-40-22)30(37)35-14-7-15-38-26-12-5-11-24-25-16-34(13-6-10-23-8-3-2-4-9-23)19-31(25,20-39-29(24)26)18-32-27(36)17-35/h2-6,8-12,21,25H,7,13-20H2,1H3,(H,32,36)/t25-,31+/m0/s1. The van der Waals surface area contributed by atoms with Gasteiger partial charge in [-0.2, -0.15) is 0 Å². The molecule has 2 atom stereocenters. The zero-order chi connectivity index (χ0) is 27.5. The van der Waals surface area contributed by atoms with E-state index in [1.807, 2.05) is 30.3 Å². The Labute approximate surface area is 233 Å². The predicted molar refractivity (Wildman–Crippen MR) is 149 cm³/mol. The molecule has 4 aliphatic rings. The molecular formula is C31H34N4O5. The highest BCUT2D eigenvalue weighted by Gasteiger charge is 2.51. The SMILES string of the molecule is Cc1ocnc1C(=O)N1CCCOc2cccc3c2OC[C@@]2(CNC(=O)C1)CN(CC=Cc1ccccc1)C[C@@H]32. The van der Waals surface area contributed by atoms with Crippen LogP contribution < -0.4 is 14.8 Å². The number of carbonyl (C=O) groups is 2. The van der Waals surface area contributed by atoms with E-state index in [9.17, 15) is 9.59 Å². The lowest BCUT2D eigenvalue weighted by molar-refractivity contribution is -0.122. The van der Waals surface area contributed by atoms with Crippen molar-refractivity contribution in [2.45, 2.75) is 19.3 Å². The van der Waals surface area contributed by atoms with Gasteiger partial charge in [-0.05, 0) is 25.0 Å². The van der Waals surface area contributed by atoms with E-state index >= 15 is 0 Å². The van der Waals surface area contributed by atoms with Crippen molar-refractivity contribution in [3.8, 4) is 11.5 Å². The first-order valence-corrected chi connectivity index (χ1v) is 13.8. The summed E-state index contributed by atoms with van der Waals surface area (Å²) < 4.78 is 17.8. The van der Waals surface area contributed by atoms with Gasteiger partial charge >= 0.3 is 0 Å². The van der Waals surface area contributed by atoms with Gasteiger partial charge in [-0.25, -0.2) is 4.98 Å². The highest BCUT2D eigenvalue weighted by Crippen LogP contribution is 2.52. The van der Waals surface area contributed by atoms with Crippen molar-refractivity contribution in [3.63, 3.8) is 0 Å². The van der Waals surface area contributed by atoms with E-state index in [1.165, 1.54) is 16.9 Å². The Morgan fingerprint density at radius 2 is 2.05 bits per heavy atom. The molecule has 7 rings (SSSR count). The quantitative estimate of drug-likeness (QED) is 0.539. The van der Waals surface area contributed by atoms with Crippen molar-refractivity contribution in [3.05, 3.63) is 83.6 Å². The predicted octanol–water partition coefficient (Wildman–Crippen LogP) is 3.52. The first kappa shape index (κ1) is 26.1. The summed E-state index contributed by atoms with van der Waals surface area (Å²) in [5.41, 5.74) is 2.22. The van der Waals surface area contributed by atoms with Gasteiger partial charge in [0.25, 0.3) is 5.91 Å². The number of nitrogens with zero attached hydrogens (tertiary/aromatic N) is 3. The number of rotatable bonds is 4. The van der Waals surface area contributed by atoms with Crippen molar-refractivity contribution in [2.24, 2.45) is 5.41 Å². The summed E-state index contributed by atoms with van der Waals surface area (Å²) in [6.45, 7) is 5.72. The number of likely N-dealkylation sites (tertiary alicyclic amines) is 1. The molecule has 9 heteroatoms. The molecule has 0 saturated carbocycles. The Balaban J connectivity index is 1.25. The van der Waals surface area contributed by atoms with Crippen LogP contribution in [0.5, 0.6) is 11.5 Å². The van der Waals surface area contributed by atoms with E-state index < -0.39 is 0 Å². The number of benzene rings is 2. The number of ether oxygens (including phenoxy) is 2. The summed E-state index contributed by atoms with van der Waals surface area (Å²) in [5.74, 6) is 1.59. The minimum absolute atomic E-state index is 0.0627. The lowest BCUT2D eigenvalue weighted by Gasteiger charge is -2.40. The Morgan fingerprint density at radius 3 is 2.88 bits per heavy atom. The third kappa shape index (κ3) is 5.21. The molecule has 1 fully saturated rings. The second-order valence-corrected chi connectivity index (χ2v) is 10.8. The normalized spacial score (nSPS) is 23.3. The number of carbonyl (C=O) groups excluding carboxylic acids is 2. The monoisotopic (exact) mass is 542 g/mol. The Hall–Kier alpha value is -4.11. The summed E-state index contributed by atoms with van der Waals surface area (Å²) in [7, 11) is 0. The van der Waals surface area contributed by atoms with Gasteiger partial charge in [0.15, 0.2) is 23.6 Å². The molecule has 1 saturated heterocycles. The summed E-state index contributed by atoms with van der Waals surface area (Å²) in [6, 6.07) is 16.3. The van der Waals surface area contributed by atoms with Crippen LogP contribution in [-0.4, -0.2) is 79.1 Å². The fraction of sp³-hybridized carbons (Fsp3) is 0.387. The molecule has 1 N–H and O–H groups in total. The molecule has 0 unspecified atom stereocenters. The number of fused-ring (bicyclic) bond motifs is 9. The van der Waals surface area contributed by atoms with Gasteiger partial charge < -0.3 is 24.1 Å². The molecule has 0 radical (unpaired) electrons. The van der Waals surface area contributed by atoms with Crippen LogP contribution in [0.15, 0.2) is 65.4 Å². The number of aryl methyl sites for hydroxylation is 1. The third-order valence-electron chi connectivity index (χ3n) is 8.12. The van der Waals surface area contributed by atoms with E-state index in [-0.39, 0.29) is 35.4 Å². The minimum atomic E-state index is -0.323. The summed E-state index contributed by atoms with van der Waals surface area (Å²) in [4.78, 5) is 34.5. The average Bonchev–Trinajstić information content (AvgIpc) is 3.57. The number of hydrogen-bond donors (Lipinski definition) is 1. The van der Waals surface area contributed by atoms with E-state index in [4.69, 9.17) is 13.9 Å². The Bertz CT molecular complexity index is 1400. The lowest BCUT2D eigenvalue weighted by Crippen LogP contribution is -2.50. The molecule has 1 aromatic heterocycles. The van der Waals surface area contributed by atoms with E-state index in [0.717, 1.165) is 36.7 Å². The Morgan fingerprint density at radius 1 is 1.18 bits per heavy atom. The average molecular weight is 543 g/mol. The number of nitrogens with one attached hydrogen (secondary N) is 1. The van der Waals surface area contributed by atoms with Crippen LogP contribution in [0.25, 0.3) is 6.08 Å². The molecule has 40 heavy (non-hydrogen) atoms. The number of aromatic nitrogens is 1. The van der Waals surface area contributed by atoms with Crippen molar-refractivity contribution in [1.82, 2.24) is 20.1 Å². The van der Waals surface area contributed by atoms with Gasteiger partial charge in [0.1, 0.15) is 5.76 Å². The maximum Gasteiger partial charge on any atom is 0.276 e. The first-order chi connectivity index (χ1) is 19.5. The molecule has 9 nitrogen and oxygen atoms in total. The molecule has 4 bridgehead atoms. The second kappa shape index (κ2) is 11.2. The third-order valence-corrected chi connectivity index (χ3v) is 8.12. The van der Waals surface area contributed by atoms with Crippen LogP contribution in [0.4, 0.5) is 0 Å². The van der Waals surface area contributed by atoms with Gasteiger partial charge in [0, 0.05) is 49.6 Å². The molecule has 208 valence electrons. The van der Waals surface area contributed by atoms with Crippen LogP contribution in [0, 0.1) is 12.3 Å². The molecule has 4 aliphatic heterocycles. The Kier molecular flexibility index (Phi) is 7.30. The fourth-order valence-corrected chi connectivity index (χ4v) is 6.06. The molecule has 0 aliphatic carbocycles. The van der Waals surface area contributed by atoms with Gasteiger partial charge in [0.2, 0.25) is 5.91 Å². The molecule has 5 heterocycles. The smallest absolute Gasteiger partial charge is 0.276 e. The molecule has 2 amide bonds. The van der Waals surface area contributed by atoms with Gasteiger partial charge in [0.05, 0.1) is 19.8 Å². The largest absolute Gasteiger partial charge is 0.490 e. The van der Waals surface area contributed by atoms with Crippen LogP contribution in [0.3, 0.4) is 0 Å². The maximum atomic E-state index is 13.2. The second-order valence-electron chi connectivity index (χ2n) is 10.8. The van der Waals surface area contributed by atoms with Gasteiger partial charge in [-0.3, -0.25) is 14.5 Å². The number of oxazole rings is 1. The number of para-hydroxylation sites is 1. The summed E-state index contributed by atoms with van der Waals surface area (Å²) in [5, 5.41) is 3.15. The highest BCUT2D eigenvalue weighted by molar-refractivity contribution is 5.95. The highest BCUT2D eigenvalue weighted by atomic mass is 16.5. The van der Waals surface area contributed by atoms with Crippen LogP contribution >= 0.6 is 0 Å². The maximum absolute atomic E-state index is 13.2. The molecule has 2 aromatic carbocycles. The van der Waals surface area contributed by atoms with Gasteiger partial charge in [-0.15, -0.1) is 0 Å². The fourth-order valence-electron chi connectivity index (χ4n) is 6.06.